The van der Waals surface area contributed by atoms with Crippen LogP contribution in [-0.4, -0.2) is 24.3 Å². The summed E-state index contributed by atoms with van der Waals surface area (Å²) in [5.41, 5.74) is 4.19. The lowest BCUT2D eigenvalue weighted by molar-refractivity contribution is 0.232. The SMILES string of the molecule is Cc1ccc2c(c1)C(NC(=O)NCCc1ccc(CO)cc1)CO2. The van der Waals surface area contributed by atoms with E-state index in [-0.39, 0.29) is 18.7 Å². The van der Waals surface area contributed by atoms with Crippen LogP contribution in [0.5, 0.6) is 5.75 Å². The molecule has 1 heterocycles. The summed E-state index contributed by atoms with van der Waals surface area (Å²) in [6.45, 7) is 3.09. The monoisotopic (exact) mass is 326 g/mol. The lowest BCUT2D eigenvalue weighted by atomic mass is 10.1. The Morgan fingerprint density at radius 3 is 2.71 bits per heavy atom. The number of nitrogens with one attached hydrogen (secondary N) is 2. The summed E-state index contributed by atoms with van der Waals surface area (Å²) in [7, 11) is 0. The van der Waals surface area contributed by atoms with Crippen LogP contribution in [-0.2, 0) is 13.0 Å². The summed E-state index contributed by atoms with van der Waals surface area (Å²) in [6, 6.07) is 13.4. The zero-order chi connectivity index (χ0) is 16.9. The lowest BCUT2D eigenvalue weighted by Crippen LogP contribution is -2.39. The van der Waals surface area contributed by atoms with Gasteiger partial charge < -0.3 is 20.5 Å². The minimum Gasteiger partial charge on any atom is -0.491 e. The standard InChI is InChI=1S/C19H22N2O3/c1-13-2-7-18-16(10-13)17(12-24-18)21-19(23)20-9-8-14-3-5-15(11-22)6-4-14/h2-7,10,17,22H,8-9,11-12H2,1H3,(H2,20,21,23). The molecule has 24 heavy (non-hydrogen) atoms. The van der Waals surface area contributed by atoms with Gasteiger partial charge in [-0.3, -0.25) is 0 Å². The second-order valence-electron chi connectivity index (χ2n) is 6.03. The molecule has 3 rings (SSSR count). The molecule has 3 N–H and O–H groups in total. The van der Waals surface area contributed by atoms with Gasteiger partial charge in [0, 0.05) is 12.1 Å². The number of rotatable bonds is 5. The van der Waals surface area contributed by atoms with Crippen molar-refractivity contribution < 1.29 is 14.6 Å². The van der Waals surface area contributed by atoms with Crippen molar-refractivity contribution in [2.75, 3.05) is 13.2 Å². The minimum absolute atomic E-state index is 0.0470. The maximum absolute atomic E-state index is 12.1. The third kappa shape index (κ3) is 3.86. The molecular weight excluding hydrogens is 304 g/mol. The molecule has 0 aromatic heterocycles. The van der Waals surface area contributed by atoms with E-state index < -0.39 is 0 Å². The molecule has 0 aliphatic carbocycles. The number of hydrogen-bond donors (Lipinski definition) is 3. The van der Waals surface area contributed by atoms with Crippen LogP contribution in [0.4, 0.5) is 4.79 Å². The molecule has 2 amide bonds. The van der Waals surface area contributed by atoms with Gasteiger partial charge in [-0.25, -0.2) is 4.79 Å². The quantitative estimate of drug-likeness (QED) is 0.790. The van der Waals surface area contributed by atoms with Gasteiger partial charge in [-0.05, 0) is 30.5 Å². The van der Waals surface area contributed by atoms with Crippen LogP contribution in [0.25, 0.3) is 0 Å². The Kier molecular flexibility index (Phi) is 5.01. The predicted molar refractivity (Wildman–Crippen MR) is 92.0 cm³/mol. The number of urea groups is 1. The van der Waals surface area contributed by atoms with E-state index in [1.807, 2.05) is 43.3 Å². The molecule has 5 nitrogen and oxygen atoms in total. The van der Waals surface area contributed by atoms with E-state index in [9.17, 15) is 4.79 Å². The van der Waals surface area contributed by atoms with Gasteiger partial charge in [0.05, 0.1) is 12.6 Å². The number of hydrogen-bond acceptors (Lipinski definition) is 3. The van der Waals surface area contributed by atoms with Crippen molar-refractivity contribution in [1.29, 1.82) is 0 Å². The Labute approximate surface area is 141 Å². The first-order valence-electron chi connectivity index (χ1n) is 8.12. The number of carbonyl (C=O) groups excluding carboxylic acids is 1. The fraction of sp³-hybridized carbons (Fsp3) is 0.316. The third-order valence-electron chi connectivity index (χ3n) is 4.16. The molecule has 0 spiro atoms. The Hall–Kier alpha value is -2.53. The molecular formula is C19H22N2O3. The van der Waals surface area contributed by atoms with Crippen molar-refractivity contribution in [3.63, 3.8) is 0 Å². The summed E-state index contributed by atoms with van der Waals surface area (Å²) in [5, 5.41) is 14.9. The van der Waals surface area contributed by atoms with Crippen LogP contribution >= 0.6 is 0 Å². The fourth-order valence-electron chi connectivity index (χ4n) is 2.79. The van der Waals surface area contributed by atoms with Crippen LogP contribution in [0.3, 0.4) is 0 Å². The molecule has 0 saturated carbocycles. The number of amides is 2. The molecule has 0 fully saturated rings. The highest BCUT2D eigenvalue weighted by atomic mass is 16.5. The molecule has 1 atom stereocenters. The van der Waals surface area contributed by atoms with Crippen molar-refractivity contribution in [1.82, 2.24) is 10.6 Å². The van der Waals surface area contributed by atoms with Gasteiger partial charge in [-0.1, -0.05) is 42.0 Å². The number of carbonyl (C=O) groups is 1. The Bertz CT molecular complexity index is 713. The second kappa shape index (κ2) is 7.36. The minimum atomic E-state index is -0.190. The average molecular weight is 326 g/mol. The zero-order valence-corrected chi connectivity index (χ0v) is 13.7. The van der Waals surface area contributed by atoms with E-state index in [1.54, 1.807) is 0 Å². The van der Waals surface area contributed by atoms with Crippen molar-refractivity contribution in [2.45, 2.75) is 26.0 Å². The highest BCUT2D eigenvalue weighted by molar-refractivity contribution is 5.74. The maximum Gasteiger partial charge on any atom is 0.315 e. The normalized spacial score (nSPS) is 15.5. The number of aryl methyl sites for hydroxylation is 1. The van der Waals surface area contributed by atoms with Crippen molar-refractivity contribution in [3.8, 4) is 5.75 Å². The lowest BCUT2D eigenvalue weighted by Gasteiger charge is -2.13. The van der Waals surface area contributed by atoms with Gasteiger partial charge in [0.2, 0.25) is 0 Å². The Morgan fingerprint density at radius 2 is 1.96 bits per heavy atom. The van der Waals surface area contributed by atoms with Gasteiger partial charge in [0.25, 0.3) is 0 Å². The second-order valence-corrected chi connectivity index (χ2v) is 6.03. The van der Waals surface area contributed by atoms with Gasteiger partial charge in [-0.15, -0.1) is 0 Å². The van der Waals surface area contributed by atoms with Crippen molar-refractivity contribution in [3.05, 3.63) is 64.7 Å². The largest absolute Gasteiger partial charge is 0.491 e. The smallest absolute Gasteiger partial charge is 0.315 e. The molecule has 0 radical (unpaired) electrons. The summed E-state index contributed by atoms with van der Waals surface area (Å²) in [6.07, 6.45) is 0.746. The van der Waals surface area contributed by atoms with E-state index in [2.05, 4.69) is 16.7 Å². The number of ether oxygens (including phenoxy) is 1. The Morgan fingerprint density at radius 1 is 1.21 bits per heavy atom. The number of fused-ring (bicyclic) bond motifs is 1. The zero-order valence-electron chi connectivity index (χ0n) is 13.7. The molecule has 0 saturated heterocycles. The molecule has 1 aliphatic heterocycles. The summed E-state index contributed by atoms with van der Waals surface area (Å²) in [4.78, 5) is 12.1. The van der Waals surface area contributed by atoms with Crippen LogP contribution in [0.2, 0.25) is 0 Å². The first kappa shape index (κ1) is 16.3. The van der Waals surface area contributed by atoms with E-state index in [0.29, 0.717) is 13.2 Å². The molecule has 2 aromatic carbocycles. The van der Waals surface area contributed by atoms with Crippen molar-refractivity contribution in [2.24, 2.45) is 0 Å². The first-order chi connectivity index (χ1) is 11.7. The van der Waals surface area contributed by atoms with Crippen LogP contribution in [0.15, 0.2) is 42.5 Å². The van der Waals surface area contributed by atoms with Crippen LogP contribution in [0.1, 0.15) is 28.3 Å². The Balaban J connectivity index is 1.47. The van der Waals surface area contributed by atoms with E-state index in [4.69, 9.17) is 9.84 Å². The van der Waals surface area contributed by atoms with Crippen LogP contribution in [0, 0.1) is 6.92 Å². The van der Waals surface area contributed by atoms with E-state index >= 15 is 0 Å². The predicted octanol–water partition coefficient (Wildman–Crippen LogP) is 2.46. The van der Waals surface area contributed by atoms with Gasteiger partial charge in [0.1, 0.15) is 12.4 Å². The van der Waals surface area contributed by atoms with E-state index in [1.165, 1.54) is 0 Å². The maximum atomic E-state index is 12.1. The van der Waals surface area contributed by atoms with Crippen LogP contribution < -0.4 is 15.4 Å². The molecule has 0 bridgehead atoms. The molecule has 1 aliphatic rings. The number of aliphatic hydroxyl groups is 1. The topological polar surface area (TPSA) is 70.6 Å². The summed E-state index contributed by atoms with van der Waals surface area (Å²) >= 11 is 0. The highest BCUT2D eigenvalue weighted by Gasteiger charge is 2.25. The number of aliphatic hydroxyl groups excluding tert-OH is 1. The third-order valence-corrected chi connectivity index (χ3v) is 4.16. The molecule has 2 aromatic rings. The highest BCUT2D eigenvalue weighted by Crippen LogP contribution is 2.32. The van der Waals surface area contributed by atoms with Gasteiger partial charge >= 0.3 is 6.03 Å². The molecule has 5 heteroatoms. The summed E-state index contributed by atoms with van der Waals surface area (Å²) < 4.78 is 5.60. The molecule has 126 valence electrons. The van der Waals surface area contributed by atoms with E-state index in [0.717, 1.165) is 34.4 Å². The summed E-state index contributed by atoms with van der Waals surface area (Å²) in [5.74, 6) is 0.842. The van der Waals surface area contributed by atoms with Gasteiger partial charge in [0.15, 0.2) is 0 Å². The number of benzene rings is 2. The van der Waals surface area contributed by atoms with Crippen molar-refractivity contribution >= 4 is 6.03 Å². The van der Waals surface area contributed by atoms with Gasteiger partial charge in [-0.2, -0.15) is 0 Å². The molecule has 1 unspecified atom stereocenters. The average Bonchev–Trinajstić information content (AvgIpc) is 2.97. The fourth-order valence-corrected chi connectivity index (χ4v) is 2.79. The first-order valence-corrected chi connectivity index (χ1v) is 8.12.